The van der Waals surface area contributed by atoms with Crippen LogP contribution in [-0.4, -0.2) is 34.1 Å². The SMILES string of the molecule is Cc1c(F)cc(N)cc1S(=O)(=O)NCCOCC(N)=O. The molecule has 5 N–H and O–H groups in total. The van der Waals surface area contributed by atoms with Gasteiger partial charge in [-0.3, -0.25) is 4.79 Å². The molecule has 1 amide bonds. The fourth-order valence-corrected chi connectivity index (χ4v) is 2.75. The topological polar surface area (TPSA) is 125 Å². The van der Waals surface area contributed by atoms with Gasteiger partial charge in [-0.2, -0.15) is 0 Å². The van der Waals surface area contributed by atoms with Gasteiger partial charge < -0.3 is 16.2 Å². The number of hydrogen-bond acceptors (Lipinski definition) is 5. The Balaban J connectivity index is 2.72. The van der Waals surface area contributed by atoms with Gasteiger partial charge in [0.2, 0.25) is 15.9 Å². The molecule has 0 aliphatic rings. The lowest BCUT2D eigenvalue weighted by atomic mass is 10.2. The van der Waals surface area contributed by atoms with Gasteiger partial charge in [-0.05, 0) is 19.1 Å². The lowest BCUT2D eigenvalue weighted by molar-refractivity contribution is -0.122. The lowest BCUT2D eigenvalue weighted by Gasteiger charge is -2.11. The number of halogens is 1. The molecule has 20 heavy (non-hydrogen) atoms. The summed E-state index contributed by atoms with van der Waals surface area (Å²) in [6, 6.07) is 2.22. The number of sulfonamides is 1. The van der Waals surface area contributed by atoms with E-state index < -0.39 is 21.7 Å². The summed E-state index contributed by atoms with van der Waals surface area (Å²) in [5.74, 6) is -1.35. The fourth-order valence-electron chi connectivity index (χ4n) is 1.45. The molecule has 9 heteroatoms. The molecule has 0 fully saturated rings. The zero-order valence-electron chi connectivity index (χ0n) is 10.8. The number of nitrogens with two attached hydrogens (primary N) is 2. The maximum atomic E-state index is 13.5. The largest absolute Gasteiger partial charge is 0.399 e. The summed E-state index contributed by atoms with van der Waals surface area (Å²) in [6.45, 7) is 0.929. The van der Waals surface area contributed by atoms with Gasteiger partial charge in [0.25, 0.3) is 0 Å². The first kappa shape index (κ1) is 16.3. The van der Waals surface area contributed by atoms with Crippen LogP contribution in [0, 0.1) is 12.7 Å². The maximum absolute atomic E-state index is 13.5. The van der Waals surface area contributed by atoms with Crippen LogP contribution in [0.15, 0.2) is 17.0 Å². The van der Waals surface area contributed by atoms with Crippen molar-refractivity contribution in [2.24, 2.45) is 5.73 Å². The molecule has 0 radical (unpaired) electrons. The van der Waals surface area contributed by atoms with Crippen molar-refractivity contribution in [2.45, 2.75) is 11.8 Å². The number of carbonyl (C=O) groups excluding carboxylic acids is 1. The number of benzene rings is 1. The predicted molar refractivity (Wildman–Crippen MR) is 70.8 cm³/mol. The van der Waals surface area contributed by atoms with Gasteiger partial charge >= 0.3 is 0 Å². The van der Waals surface area contributed by atoms with Gasteiger partial charge in [0.15, 0.2) is 0 Å². The van der Waals surface area contributed by atoms with Crippen molar-refractivity contribution in [3.8, 4) is 0 Å². The highest BCUT2D eigenvalue weighted by Crippen LogP contribution is 2.21. The predicted octanol–water partition coefficient (Wildman–Crippen LogP) is -0.503. The van der Waals surface area contributed by atoms with Gasteiger partial charge in [0.05, 0.1) is 11.5 Å². The molecule has 0 saturated carbocycles. The van der Waals surface area contributed by atoms with Crippen LogP contribution in [-0.2, 0) is 19.6 Å². The number of rotatable bonds is 7. The second-order valence-electron chi connectivity index (χ2n) is 4.04. The van der Waals surface area contributed by atoms with E-state index in [-0.39, 0.29) is 35.9 Å². The van der Waals surface area contributed by atoms with E-state index in [4.69, 9.17) is 16.2 Å². The van der Waals surface area contributed by atoms with Crippen molar-refractivity contribution in [1.82, 2.24) is 4.72 Å². The number of primary amides is 1. The van der Waals surface area contributed by atoms with Gasteiger partial charge in [-0.1, -0.05) is 0 Å². The number of anilines is 1. The highest BCUT2D eigenvalue weighted by molar-refractivity contribution is 7.89. The van der Waals surface area contributed by atoms with Gasteiger partial charge in [-0.15, -0.1) is 0 Å². The number of nitrogen functional groups attached to an aromatic ring is 1. The van der Waals surface area contributed by atoms with E-state index in [1.165, 1.54) is 13.0 Å². The summed E-state index contributed by atoms with van der Waals surface area (Å²) in [4.78, 5) is 10.2. The third-order valence-corrected chi connectivity index (χ3v) is 3.98. The summed E-state index contributed by atoms with van der Waals surface area (Å²) in [7, 11) is -3.90. The molecule has 0 bridgehead atoms. The molecule has 7 nitrogen and oxygen atoms in total. The molecule has 0 aromatic heterocycles. The summed E-state index contributed by atoms with van der Waals surface area (Å²) < 4.78 is 44.4. The minimum Gasteiger partial charge on any atom is -0.399 e. The van der Waals surface area contributed by atoms with E-state index >= 15 is 0 Å². The first-order valence-electron chi connectivity index (χ1n) is 5.65. The first-order valence-corrected chi connectivity index (χ1v) is 7.13. The Bertz CT molecular complexity index is 604. The summed E-state index contributed by atoms with van der Waals surface area (Å²) in [5.41, 5.74) is 10.3. The van der Waals surface area contributed by atoms with Crippen LogP contribution in [0.25, 0.3) is 0 Å². The lowest BCUT2D eigenvalue weighted by Crippen LogP contribution is -2.29. The Labute approximate surface area is 116 Å². The van der Waals surface area contributed by atoms with Crippen LogP contribution in [0.3, 0.4) is 0 Å². The maximum Gasteiger partial charge on any atom is 0.243 e. The third kappa shape index (κ3) is 4.44. The summed E-state index contributed by atoms with van der Waals surface area (Å²) >= 11 is 0. The number of carbonyl (C=O) groups is 1. The molecule has 1 aromatic rings. The van der Waals surface area contributed by atoms with E-state index in [9.17, 15) is 17.6 Å². The molecule has 0 aliphatic heterocycles. The highest BCUT2D eigenvalue weighted by Gasteiger charge is 2.19. The van der Waals surface area contributed by atoms with E-state index in [0.717, 1.165) is 6.07 Å². The van der Waals surface area contributed by atoms with Crippen molar-refractivity contribution in [1.29, 1.82) is 0 Å². The summed E-state index contributed by atoms with van der Waals surface area (Å²) in [5, 5.41) is 0. The molecule has 1 aromatic carbocycles. The van der Waals surface area contributed by atoms with Gasteiger partial charge in [0, 0.05) is 17.8 Å². The Morgan fingerprint density at radius 1 is 1.45 bits per heavy atom. The molecule has 0 saturated heterocycles. The van der Waals surface area contributed by atoms with Crippen molar-refractivity contribution in [2.75, 3.05) is 25.5 Å². The fraction of sp³-hybridized carbons (Fsp3) is 0.364. The first-order chi connectivity index (χ1) is 9.24. The minimum atomic E-state index is -3.90. The molecule has 0 unspecified atom stereocenters. The standard InChI is InChI=1S/C11H16FN3O4S/c1-7-9(12)4-8(13)5-10(7)20(17,18)15-2-3-19-6-11(14)16/h4-5,15H,2-3,6,13H2,1H3,(H2,14,16). The third-order valence-electron chi connectivity index (χ3n) is 2.39. The number of ether oxygens (including phenoxy) is 1. The molecule has 0 heterocycles. The second-order valence-corrected chi connectivity index (χ2v) is 5.78. The Morgan fingerprint density at radius 3 is 2.70 bits per heavy atom. The van der Waals surface area contributed by atoms with E-state index in [1.807, 2.05) is 0 Å². The van der Waals surface area contributed by atoms with Crippen molar-refractivity contribution >= 4 is 21.6 Å². The molecule has 112 valence electrons. The number of amides is 1. The molecular formula is C11H16FN3O4S. The minimum absolute atomic E-state index is 0.0125. The Kier molecular flexibility index (Phi) is 5.43. The van der Waals surface area contributed by atoms with Crippen LogP contribution < -0.4 is 16.2 Å². The van der Waals surface area contributed by atoms with Crippen molar-refractivity contribution in [3.63, 3.8) is 0 Å². The Hall–Kier alpha value is -1.71. The molecule has 1 rings (SSSR count). The molecule has 0 spiro atoms. The zero-order valence-corrected chi connectivity index (χ0v) is 11.7. The highest BCUT2D eigenvalue weighted by atomic mass is 32.2. The average molecular weight is 305 g/mol. The normalized spacial score (nSPS) is 11.5. The van der Waals surface area contributed by atoms with Crippen molar-refractivity contribution in [3.05, 3.63) is 23.5 Å². The average Bonchev–Trinajstić information content (AvgIpc) is 2.32. The molecule has 0 atom stereocenters. The van der Waals surface area contributed by atoms with E-state index in [0.29, 0.717) is 0 Å². The zero-order chi connectivity index (χ0) is 15.3. The van der Waals surface area contributed by atoms with E-state index in [2.05, 4.69) is 4.72 Å². The summed E-state index contributed by atoms with van der Waals surface area (Å²) in [6.07, 6.45) is 0. The monoisotopic (exact) mass is 305 g/mol. The molecule has 0 aliphatic carbocycles. The number of nitrogens with one attached hydrogen (secondary N) is 1. The quantitative estimate of drug-likeness (QED) is 0.462. The van der Waals surface area contributed by atoms with Crippen LogP contribution in [0.1, 0.15) is 5.56 Å². The van der Waals surface area contributed by atoms with Crippen LogP contribution >= 0.6 is 0 Å². The smallest absolute Gasteiger partial charge is 0.243 e. The second kappa shape index (κ2) is 6.64. The van der Waals surface area contributed by atoms with Gasteiger partial charge in [0.1, 0.15) is 12.4 Å². The van der Waals surface area contributed by atoms with Crippen LogP contribution in [0.2, 0.25) is 0 Å². The van der Waals surface area contributed by atoms with Gasteiger partial charge in [-0.25, -0.2) is 17.5 Å². The number of hydrogen-bond donors (Lipinski definition) is 3. The van der Waals surface area contributed by atoms with Crippen LogP contribution in [0.5, 0.6) is 0 Å². The Morgan fingerprint density at radius 2 is 2.10 bits per heavy atom. The molecular weight excluding hydrogens is 289 g/mol. The van der Waals surface area contributed by atoms with E-state index in [1.54, 1.807) is 0 Å². The van der Waals surface area contributed by atoms with Crippen molar-refractivity contribution < 1.29 is 22.3 Å². The van der Waals surface area contributed by atoms with Crippen LogP contribution in [0.4, 0.5) is 10.1 Å².